The van der Waals surface area contributed by atoms with Crippen LogP contribution in [0.2, 0.25) is 0 Å². The summed E-state index contributed by atoms with van der Waals surface area (Å²) in [6.07, 6.45) is 2.21. The van der Waals surface area contributed by atoms with Gasteiger partial charge < -0.3 is 10.0 Å². The zero-order valence-electron chi connectivity index (χ0n) is 10.5. The Hall–Kier alpha value is -1.97. The summed E-state index contributed by atoms with van der Waals surface area (Å²) in [6, 6.07) is 0. The fraction of sp³-hybridized carbons (Fsp3) is 0.556. The third-order valence-electron chi connectivity index (χ3n) is 2.28. The molecule has 1 aromatic rings. The number of carboxylic acids is 1. The Balaban J connectivity index is 2.56. The number of hydrogen-bond acceptors (Lipinski definition) is 6. The third kappa shape index (κ3) is 5.04. The smallest absolute Gasteiger partial charge is 0.358 e. The number of carbonyl (C=O) groups is 2. The highest BCUT2D eigenvalue weighted by Gasteiger charge is 2.14. The van der Waals surface area contributed by atoms with E-state index in [-0.39, 0.29) is 30.4 Å². The first kappa shape index (κ1) is 15.1. The predicted molar refractivity (Wildman–Crippen MR) is 64.3 cm³/mol. The van der Waals surface area contributed by atoms with Gasteiger partial charge in [-0.25, -0.2) is 17.9 Å². The normalized spacial score (nSPS) is 11.3. The molecular weight excluding hydrogens is 276 g/mol. The van der Waals surface area contributed by atoms with Crippen molar-refractivity contribution in [1.29, 1.82) is 0 Å². The van der Waals surface area contributed by atoms with Crippen LogP contribution in [0.3, 0.4) is 0 Å². The molecule has 0 fully saturated rings. The lowest BCUT2D eigenvalue weighted by atomic mass is 10.4. The van der Waals surface area contributed by atoms with E-state index in [9.17, 15) is 18.0 Å². The number of hydrogen-bond donors (Lipinski definition) is 1. The van der Waals surface area contributed by atoms with Crippen molar-refractivity contribution in [2.24, 2.45) is 0 Å². The van der Waals surface area contributed by atoms with E-state index < -0.39 is 15.8 Å². The number of amides is 1. The Morgan fingerprint density at radius 3 is 2.58 bits per heavy atom. The monoisotopic (exact) mass is 290 g/mol. The van der Waals surface area contributed by atoms with Crippen LogP contribution in [0.15, 0.2) is 6.20 Å². The molecular formula is C9H14N4O5S. The summed E-state index contributed by atoms with van der Waals surface area (Å²) in [5, 5.41) is 15.5. The maximum absolute atomic E-state index is 11.7. The van der Waals surface area contributed by atoms with Crippen molar-refractivity contribution >= 4 is 21.7 Å². The first-order valence-electron chi connectivity index (χ1n) is 5.24. The van der Waals surface area contributed by atoms with E-state index in [0.29, 0.717) is 0 Å². The molecule has 10 heteroatoms. The number of nitrogens with zero attached hydrogens (tertiary/aromatic N) is 4. The molecule has 0 radical (unpaired) electrons. The molecule has 1 rings (SSSR count). The van der Waals surface area contributed by atoms with Crippen molar-refractivity contribution in [2.75, 3.05) is 25.6 Å². The van der Waals surface area contributed by atoms with Crippen LogP contribution in [0.4, 0.5) is 0 Å². The third-order valence-corrected chi connectivity index (χ3v) is 3.20. The molecule has 0 aliphatic rings. The molecule has 106 valence electrons. The molecule has 0 saturated carbocycles. The van der Waals surface area contributed by atoms with Crippen molar-refractivity contribution in [3.8, 4) is 0 Å². The van der Waals surface area contributed by atoms with E-state index in [0.717, 1.165) is 17.1 Å². The standard InChI is InChI=1S/C9H14N4O5S/c1-12(3-4-19(2,17)18)8(14)6-13-5-7(9(15)16)10-11-13/h5H,3-4,6H2,1-2H3,(H,15,16). The van der Waals surface area contributed by atoms with Gasteiger partial charge in [-0.05, 0) is 0 Å². The van der Waals surface area contributed by atoms with Crippen molar-refractivity contribution in [2.45, 2.75) is 6.54 Å². The minimum absolute atomic E-state index is 0.0676. The molecule has 0 aliphatic heterocycles. The number of aromatic carboxylic acids is 1. The number of carboxylic acid groups (broad SMARTS) is 1. The summed E-state index contributed by atoms with van der Waals surface area (Å²) in [4.78, 5) is 23.5. The average Bonchev–Trinajstić information content (AvgIpc) is 2.73. The summed E-state index contributed by atoms with van der Waals surface area (Å²) in [5.74, 6) is -1.75. The van der Waals surface area contributed by atoms with Gasteiger partial charge in [-0.15, -0.1) is 5.10 Å². The highest BCUT2D eigenvalue weighted by atomic mass is 32.2. The molecule has 0 atom stereocenters. The fourth-order valence-electron chi connectivity index (χ4n) is 1.16. The van der Waals surface area contributed by atoms with Gasteiger partial charge in [-0.2, -0.15) is 0 Å². The highest BCUT2D eigenvalue weighted by molar-refractivity contribution is 7.90. The van der Waals surface area contributed by atoms with Crippen LogP contribution < -0.4 is 0 Å². The molecule has 0 aliphatic carbocycles. The van der Waals surface area contributed by atoms with E-state index in [1.807, 2.05) is 0 Å². The lowest BCUT2D eigenvalue weighted by Gasteiger charge is -2.16. The molecule has 19 heavy (non-hydrogen) atoms. The van der Waals surface area contributed by atoms with Crippen molar-refractivity contribution in [3.05, 3.63) is 11.9 Å². The van der Waals surface area contributed by atoms with Gasteiger partial charge in [0.2, 0.25) is 5.91 Å². The second kappa shape index (κ2) is 5.78. The van der Waals surface area contributed by atoms with E-state index in [1.165, 1.54) is 11.9 Å². The van der Waals surface area contributed by atoms with E-state index in [2.05, 4.69) is 10.3 Å². The fourth-order valence-corrected chi connectivity index (χ4v) is 1.77. The number of aromatic nitrogens is 3. The first-order valence-corrected chi connectivity index (χ1v) is 7.30. The molecule has 0 bridgehead atoms. The Bertz CT molecular complexity index is 579. The van der Waals surface area contributed by atoms with Crippen molar-refractivity contribution in [3.63, 3.8) is 0 Å². The van der Waals surface area contributed by atoms with E-state index in [1.54, 1.807) is 0 Å². The SMILES string of the molecule is CN(CCS(C)(=O)=O)C(=O)Cn1cc(C(=O)O)nn1. The van der Waals surface area contributed by atoms with Crippen molar-refractivity contribution < 1.29 is 23.1 Å². The van der Waals surface area contributed by atoms with Gasteiger partial charge in [0.25, 0.3) is 0 Å². The van der Waals surface area contributed by atoms with Gasteiger partial charge in [-0.1, -0.05) is 5.21 Å². The molecule has 0 aromatic carbocycles. The van der Waals surface area contributed by atoms with Crippen LogP contribution >= 0.6 is 0 Å². The van der Waals surface area contributed by atoms with Crippen LogP contribution in [-0.2, 0) is 21.2 Å². The maximum atomic E-state index is 11.7. The molecule has 1 heterocycles. The van der Waals surface area contributed by atoms with Gasteiger partial charge in [-0.3, -0.25) is 4.79 Å². The summed E-state index contributed by atoms with van der Waals surface area (Å²) < 4.78 is 23.0. The summed E-state index contributed by atoms with van der Waals surface area (Å²) >= 11 is 0. The number of carbonyl (C=O) groups excluding carboxylic acids is 1. The van der Waals surface area contributed by atoms with Gasteiger partial charge in [0.15, 0.2) is 5.69 Å². The van der Waals surface area contributed by atoms with Gasteiger partial charge >= 0.3 is 5.97 Å². The molecule has 1 amide bonds. The average molecular weight is 290 g/mol. The Kier molecular flexibility index (Phi) is 4.59. The second-order valence-corrected chi connectivity index (χ2v) is 6.31. The Morgan fingerprint density at radius 1 is 1.47 bits per heavy atom. The molecule has 1 N–H and O–H groups in total. The minimum atomic E-state index is -3.14. The zero-order valence-corrected chi connectivity index (χ0v) is 11.3. The minimum Gasteiger partial charge on any atom is -0.476 e. The summed E-state index contributed by atoms with van der Waals surface area (Å²) in [5.41, 5.74) is -0.258. The van der Waals surface area contributed by atoms with Gasteiger partial charge in [0.1, 0.15) is 16.4 Å². The van der Waals surface area contributed by atoms with Gasteiger partial charge in [0.05, 0.1) is 11.9 Å². The lowest BCUT2D eigenvalue weighted by molar-refractivity contribution is -0.130. The molecule has 0 unspecified atom stereocenters. The molecule has 0 saturated heterocycles. The maximum Gasteiger partial charge on any atom is 0.358 e. The van der Waals surface area contributed by atoms with Crippen LogP contribution in [0.25, 0.3) is 0 Å². The van der Waals surface area contributed by atoms with E-state index >= 15 is 0 Å². The van der Waals surface area contributed by atoms with E-state index in [4.69, 9.17) is 5.11 Å². The van der Waals surface area contributed by atoms with Crippen LogP contribution in [0.1, 0.15) is 10.5 Å². The second-order valence-electron chi connectivity index (χ2n) is 4.05. The van der Waals surface area contributed by atoms with Gasteiger partial charge in [0, 0.05) is 19.8 Å². The first-order chi connectivity index (χ1) is 8.69. The number of likely N-dealkylation sites (N-methyl/N-ethyl adjacent to an activating group) is 1. The van der Waals surface area contributed by atoms with Crippen LogP contribution in [0.5, 0.6) is 0 Å². The number of sulfone groups is 1. The lowest BCUT2D eigenvalue weighted by Crippen LogP contribution is -2.34. The van der Waals surface area contributed by atoms with Crippen molar-refractivity contribution in [1.82, 2.24) is 19.9 Å². The van der Waals surface area contributed by atoms with Crippen LogP contribution in [0, 0.1) is 0 Å². The Morgan fingerprint density at radius 2 is 2.11 bits per heavy atom. The highest BCUT2D eigenvalue weighted by Crippen LogP contribution is 1.96. The molecule has 9 nitrogen and oxygen atoms in total. The van der Waals surface area contributed by atoms with Crippen LogP contribution in [-0.4, -0.2) is 70.9 Å². The molecule has 0 spiro atoms. The quantitative estimate of drug-likeness (QED) is 0.675. The largest absolute Gasteiger partial charge is 0.476 e. The topological polar surface area (TPSA) is 122 Å². The predicted octanol–water partition coefficient (Wildman–Crippen LogP) is -1.52. The summed E-state index contributed by atoms with van der Waals surface area (Å²) in [7, 11) is -1.68. The Labute approximate surface area is 109 Å². The zero-order chi connectivity index (χ0) is 14.6. The molecule has 1 aromatic heterocycles. The number of rotatable bonds is 6. The summed E-state index contributed by atoms with van der Waals surface area (Å²) in [6.45, 7) is -0.126.